The van der Waals surface area contributed by atoms with E-state index >= 15 is 0 Å². The molecule has 0 amide bonds. The van der Waals surface area contributed by atoms with Crippen LogP contribution in [0.5, 0.6) is 0 Å². The summed E-state index contributed by atoms with van der Waals surface area (Å²) in [5, 5.41) is 0. The van der Waals surface area contributed by atoms with E-state index in [0.717, 1.165) is 11.8 Å². The third-order valence-electron chi connectivity index (χ3n) is 2.59. The van der Waals surface area contributed by atoms with Crippen molar-refractivity contribution in [2.75, 3.05) is 0 Å². The molecule has 9 heavy (non-hydrogen) atoms. The molecule has 2 fully saturated rings. The third kappa shape index (κ3) is 0.735. The topological polar surface area (TPSA) is 0 Å². The third-order valence-corrected chi connectivity index (χ3v) is 2.59. The Bertz CT molecular complexity index is 156. The van der Waals surface area contributed by atoms with Crippen LogP contribution in [0.3, 0.4) is 0 Å². The van der Waals surface area contributed by atoms with Gasteiger partial charge in [0, 0.05) is 0 Å². The van der Waals surface area contributed by atoms with Crippen LogP contribution in [-0.2, 0) is 0 Å². The zero-order valence-electron chi connectivity index (χ0n) is 5.69. The first kappa shape index (κ1) is 5.28. The van der Waals surface area contributed by atoms with Gasteiger partial charge in [0.1, 0.15) is 0 Å². The second kappa shape index (κ2) is 1.50. The highest BCUT2D eigenvalue weighted by Crippen LogP contribution is 2.52. The minimum absolute atomic E-state index is 1.00. The van der Waals surface area contributed by atoms with Crippen molar-refractivity contribution in [3.8, 4) is 0 Å². The average molecular weight is 120 g/mol. The van der Waals surface area contributed by atoms with Crippen LogP contribution in [0.1, 0.15) is 19.3 Å². The minimum Gasteiger partial charge on any atom is -0.0956 e. The highest BCUT2D eigenvalue weighted by molar-refractivity contribution is 5.31. The maximum absolute atomic E-state index is 3.97. The molecule has 0 saturated heterocycles. The summed E-state index contributed by atoms with van der Waals surface area (Å²) in [5.41, 5.74) is 2.63. The lowest BCUT2D eigenvalue weighted by molar-refractivity contribution is 0.645. The molecule has 0 aromatic rings. The summed E-state index contributed by atoms with van der Waals surface area (Å²) in [5.74, 6) is 2.01. The molecule has 2 rings (SSSR count). The first-order valence-corrected chi connectivity index (χ1v) is 3.63. The predicted molar refractivity (Wildman–Crippen MR) is 39.1 cm³/mol. The number of fused-ring (bicyclic) bond motifs is 1. The first-order chi connectivity index (χ1) is 4.27. The Morgan fingerprint density at radius 3 is 1.89 bits per heavy atom. The molecule has 2 aliphatic rings. The van der Waals surface area contributed by atoms with Crippen molar-refractivity contribution in [3.05, 3.63) is 24.3 Å². The van der Waals surface area contributed by atoms with Crippen LogP contribution in [0.4, 0.5) is 0 Å². The molecule has 0 radical (unpaired) electrons. The Kier molecular flexibility index (Phi) is 0.879. The summed E-state index contributed by atoms with van der Waals surface area (Å²) >= 11 is 0. The fourth-order valence-electron chi connectivity index (χ4n) is 1.73. The SMILES string of the molecule is C=C1CC2CC2CC1=C. The van der Waals surface area contributed by atoms with Gasteiger partial charge in [-0.1, -0.05) is 24.3 Å². The second-order valence-electron chi connectivity index (χ2n) is 3.37. The Morgan fingerprint density at radius 1 is 1.00 bits per heavy atom. The zero-order chi connectivity index (χ0) is 6.43. The van der Waals surface area contributed by atoms with Gasteiger partial charge in [-0.15, -0.1) is 0 Å². The van der Waals surface area contributed by atoms with Crippen LogP contribution in [0.15, 0.2) is 24.3 Å². The van der Waals surface area contributed by atoms with Gasteiger partial charge in [0.05, 0.1) is 0 Å². The van der Waals surface area contributed by atoms with Gasteiger partial charge in [-0.2, -0.15) is 0 Å². The Hall–Kier alpha value is -0.520. The predicted octanol–water partition coefficient (Wildman–Crippen LogP) is 2.53. The summed E-state index contributed by atoms with van der Waals surface area (Å²) in [6.07, 6.45) is 3.92. The molecule has 0 heteroatoms. The molecule has 2 atom stereocenters. The fraction of sp³-hybridized carbons (Fsp3) is 0.556. The van der Waals surface area contributed by atoms with E-state index in [-0.39, 0.29) is 0 Å². The van der Waals surface area contributed by atoms with E-state index in [9.17, 15) is 0 Å². The van der Waals surface area contributed by atoms with Gasteiger partial charge in [-0.3, -0.25) is 0 Å². The number of hydrogen-bond acceptors (Lipinski definition) is 0. The van der Waals surface area contributed by atoms with Crippen molar-refractivity contribution in [3.63, 3.8) is 0 Å². The minimum atomic E-state index is 1.00. The number of allylic oxidation sites excluding steroid dienone is 2. The van der Waals surface area contributed by atoms with Crippen LogP contribution in [0.25, 0.3) is 0 Å². The Labute approximate surface area is 56.3 Å². The molecule has 0 bridgehead atoms. The van der Waals surface area contributed by atoms with Gasteiger partial charge in [0.15, 0.2) is 0 Å². The van der Waals surface area contributed by atoms with E-state index in [1.54, 1.807) is 0 Å². The zero-order valence-corrected chi connectivity index (χ0v) is 5.69. The monoisotopic (exact) mass is 120 g/mol. The van der Waals surface area contributed by atoms with Crippen molar-refractivity contribution >= 4 is 0 Å². The molecule has 0 nitrogen and oxygen atoms in total. The molecule has 2 saturated carbocycles. The van der Waals surface area contributed by atoms with Gasteiger partial charge >= 0.3 is 0 Å². The van der Waals surface area contributed by atoms with Gasteiger partial charge in [0.2, 0.25) is 0 Å². The highest BCUT2D eigenvalue weighted by Gasteiger charge is 2.40. The molecule has 0 aliphatic heterocycles. The molecule has 0 spiro atoms. The molecular formula is C9H12. The second-order valence-corrected chi connectivity index (χ2v) is 3.37. The smallest absolute Gasteiger partial charge is 0.0251 e. The van der Waals surface area contributed by atoms with Crippen molar-refractivity contribution in [1.29, 1.82) is 0 Å². The molecule has 0 N–H and O–H groups in total. The summed E-state index contributed by atoms with van der Waals surface area (Å²) < 4.78 is 0. The molecule has 0 aromatic heterocycles. The van der Waals surface area contributed by atoms with Gasteiger partial charge < -0.3 is 0 Å². The van der Waals surface area contributed by atoms with E-state index in [0.29, 0.717) is 0 Å². The van der Waals surface area contributed by atoms with Crippen molar-refractivity contribution in [2.45, 2.75) is 19.3 Å². The lowest BCUT2D eigenvalue weighted by Crippen LogP contribution is -1.98. The fourth-order valence-corrected chi connectivity index (χ4v) is 1.73. The standard InChI is InChI=1S/C9H12/c1-6-3-8-5-9(8)4-7(6)2/h8-9H,1-5H2. The van der Waals surface area contributed by atoms with Crippen LogP contribution in [0.2, 0.25) is 0 Å². The Morgan fingerprint density at radius 2 is 1.44 bits per heavy atom. The average Bonchev–Trinajstić information content (AvgIpc) is 2.46. The van der Waals surface area contributed by atoms with Gasteiger partial charge in [-0.05, 0) is 31.1 Å². The molecule has 2 aliphatic carbocycles. The van der Waals surface area contributed by atoms with E-state index in [2.05, 4.69) is 13.2 Å². The van der Waals surface area contributed by atoms with Crippen LogP contribution in [-0.4, -0.2) is 0 Å². The van der Waals surface area contributed by atoms with Crippen molar-refractivity contribution < 1.29 is 0 Å². The van der Waals surface area contributed by atoms with E-state index in [1.807, 2.05) is 0 Å². The lowest BCUT2D eigenvalue weighted by atomic mass is 9.92. The van der Waals surface area contributed by atoms with E-state index < -0.39 is 0 Å². The highest BCUT2D eigenvalue weighted by atomic mass is 14.5. The van der Waals surface area contributed by atoms with Crippen LogP contribution in [0, 0.1) is 11.8 Å². The normalized spacial score (nSPS) is 40.4. The largest absolute Gasteiger partial charge is 0.0956 e. The molecule has 48 valence electrons. The van der Waals surface area contributed by atoms with Crippen LogP contribution >= 0.6 is 0 Å². The Balaban J connectivity index is 2.15. The van der Waals surface area contributed by atoms with Gasteiger partial charge in [-0.25, -0.2) is 0 Å². The summed E-state index contributed by atoms with van der Waals surface area (Å²) in [7, 11) is 0. The van der Waals surface area contributed by atoms with Crippen molar-refractivity contribution in [2.24, 2.45) is 11.8 Å². The quantitative estimate of drug-likeness (QED) is 0.461. The first-order valence-electron chi connectivity index (χ1n) is 3.63. The number of hydrogen-bond donors (Lipinski definition) is 0. The molecular weight excluding hydrogens is 108 g/mol. The number of rotatable bonds is 0. The van der Waals surface area contributed by atoms with E-state index in [4.69, 9.17) is 0 Å². The van der Waals surface area contributed by atoms with Crippen LogP contribution < -0.4 is 0 Å². The maximum atomic E-state index is 3.97. The van der Waals surface area contributed by atoms with E-state index in [1.165, 1.54) is 30.4 Å². The molecule has 2 unspecified atom stereocenters. The summed E-state index contributed by atoms with van der Waals surface area (Å²) in [6.45, 7) is 7.95. The molecule has 0 heterocycles. The van der Waals surface area contributed by atoms with Crippen molar-refractivity contribution in [1.82, 2.24) is 0 Å². The summed E-state index contributed by atoms with van der Waals surface area (Å²) in [6, 6.07) is 0. The lowest BCUT2D eigenvalue weighted by Gasteiger charge is -2.13. The van der Waals surface area contributed by atoms with Gasteiger partial charge in [0.25, 0.3) is 0 Å². The maximum Gasteiger partial charge on any atom is -0.0251 e. The summed E-state index contributed by atoms with van der Waals surface area (Å²) in [4.78, 5) is 0. The molecule has 0 aromatic carbocycles.